The summed E-state index contributed by atoms with van der Waals surface area (Å²) in [6.45, 7) is 12.2. The predicted octanol–water partition coefficient (Wildman–Crippen LogP) is 11.5. The second kappa shape index (κ2) is 15.3. The molecule has 0 nitrogen and oxygen atoms in total. The molecule has 8 atom stereocenters. The molecule has 0 aromatic heterocycles. The highest BCUT2D eigenvalue weighted by atomic mass is 14.4. The zero-order valence-electron chi connectivity index (χ0n) is 24.3. The van der Waals surface area contributed by atoms with Gasteiger partial charge in [-0.1, -0.05) is 137 Å². The van der Waals surface area contributed by atoms with Gasteiger partial charge in [-0.05, 0) is 78.9 Å². The smallest absolute Gasteiger partial charge is 0.0357 e. The Morgan fingerprint density at radius 1 is 0.647 bits per heavy atom. The maximum Gasteiger partial charge on any atom is -0.0357 e. The quantitative estimate of drug-likeness (QED) is 0.222. The Kier molecular flexibility index (Phi) is 12.9. The minimum absolute atomic E-state index is 0.870. The molecule has 0 aromatic rings. The molecule has 200 valence electrons. The van der Waals surface area contributed by atoms with E-state index >= 15 is 0 Å². The molecule has 3 rings (SSSR count). The maximum atomic E-state index is 2.54. The monoisotopic (exact) mass is 473 g/mol. The lowest BCUT2D eigenvalue weighted by Gasteiger charge is -2.41. The molecular formula is C34H64. The molecule has 3 aliphatic carbocycles. The summed E-state index contributed by atoms with van der Waals surface area (Å²) in [6, 6.07) is 0. The van der Waals surface area contributed by atoms with Crippen LogP contribution in [-0.4, -0.2) is 0 Å². The summed E-state index contributed by atoms with van der Waals surface area (Å²) in [7, 11) is 0. The lowest BCUT2D eigenvalue weighted by Crippen LogP contribution is -2.31. The van der Waals surface area contributed by atoms with Crippen LogP contribution in [0.1, 0.15) is 163 Å². The van der Waals surface area contributed by atoms with Crippen molar-refractivity contribution in [2.24, 2.45) is 53.3 Å². The van der Waals surface area contributed by atoms with Crippen molar-refractivity contribution in [2.45, 2.75) is 163 Å². The van der Waals surface area contributed by atoms with Crippen molar-refractivity contribution in [1.29, 1.82) is 0 Å². The molecule has 34 heavy (non-hydrogen) atoms. The maximum absolute atomic E-state index is 2.54. The second-order valence-electron chi connectivity index (χ2n) is 14.3. The van der Waals surface area contributed by atoms with Gasteiger partial charge in [0.1, 0.15) is 0 Å². The Bertz CT molecular complexity index is 518. The third-order valence-electron chi connectivity index (χ3n) is 11.2. The van der Waals surface area contributed by atoms with E-state index in [1.807, 2.05) is 0 Å². The highest BCUT2D eigenvalue weighted by molar-refractivity contribution is 4.86. The molecule has 0 saturated heterocycles. The zero-order chi connectivity index (χ0) is 24.3. The first-order chi connectivity index (χ1) is 16.5. The van der Waals surface area contributed by atoms with E-state index in [0.717, 1.165) is 53.3 Å². The highest BCUT2D eigenvalue weighted by Crippen LogP contribution is 2.46. The van der Waals surface area contributed by atoms with E-state index in [1.165, 1.54) is 57.8 Å². The van der Waals surface area contributed by atoms with E-state index in [2.05, 4.69) is 34.6 Å². The van der Waals surface area contributed by atoms with Crippen molar-refractivity contribution < 1.29 is 0 Å². The minimum atomic E-state index is 0.870. The van der Waals surface area contributed by atoms with E-state index in [1.54, 1.807) is 70.6 Å². The van der Waals surface area contributed by atoms with Crippen LogP contribution in [0.4, 0.5) is 0 Å². The van der Waals surface area contributed by atoms with Crippen LogP contribution in [0.2, 0.25) is 0 Å². The average molecular weight is 473 g/mol. The van der Waals surface area contributed by atoms with Gasteiger partial charge in [-0.25, -0.2) is 0 Å². The molecule has 0 heterocycles. The highest BCUT2D eigenvalue weighted by Gasteiger charge is 2.34. The summed E-state index contributed by atoms with van der Waals surface area (Å²) in [4.78, 5) is 0. The number of rotatable bonds is 15. The first-order valence-electron chi connectivity index (χ1n) is 16.5. The molecule has 0 aromatic carbocycles. The van der Waals surface area contributed by atoms with Crippen molar-refractivity contribution in [3.8, 4) is 0 Å². The minimum Gasteiger partial charge on any atom is -0.0651 e. The third kappa shape index (κ3) is 9.47. The fourth-order valence-corrected chi connectivity index (χ4v) is 8.56. The molecule has 0 N–H and O–H groups in total. The van der Waals surface area contributed by atoms with E-state index < -0.39 is 0 Å². The van der Waals surface area contributed by atoms with Crippen LogP contribution in [-0.2, 0) is 0 Å². The summed E-state index contributed by atoms with van der Waals surface area (Å²) in [5.74, 6) is 9.21. The van der Waals surface area contributed by atoms with Gasteiger partial charge in [0.25, 0.3) is 0 Å². The molecule has 8 unspecified atom stereocenters. The van der Waals surface area contributed by atoms with Crippen LogP contribution in [0.5, 0.6) is 0 Å². The standard InChI is InChI=1S/C34H64/c1-6-28(5)31(23-19-27(4)18-17-26(2)3)24-22-30-21-20-29(25-30)11-9-13-33-15-10-14-32-12-7-8-16-34(32)33/h26-34H,6-25H2,1-5H3. The van der Waals surface area contributed by atoms with Crippen molar-refractivity contribution in [2.75, 3.05) is 0 Å². The molecular weight excluding hydrogens is 408 g/mol. The Balaban J connectivity index is 1.32. The van der Waals surface area contributed by atoms with E-state index in [4.69, 9.17) is 0 Å². The Morgan fingerprint density at radius 2 is 1.35 bits per heavy atom. The predicted molar refractivity (Wildman–Crippen MR) is 152 cm³/mol. The fourth-order valence-electron chi connectivity index (χ4n) is 8.56. The van der Waals surface area contributed by atoms with Gasteiger partial charge in [-0.2, -0.15) is 0 Å². The average Bonchev–Trinajstić information content (AvgIpc) is 3.30. The van der Waals surface area contributed by atoms with Crippen LogP contribution in [0, 0.1) is 53.3 Å². The first-order valence-corrected chi connectivity index (χ1v) is 16.5. The summed E-state index contributed by atoms with van der Waals surface area (Å²) >= 11 is 0. The molecule has 0 aliphatic heterocycles. The van der Waals surface area contributed by atoms with Gasteiger partial charge in [-0.15, -0.1) is 0 Å². The van der Waals surface area contributed by atoms with Crippen molar-refractivity contribution in [3.05, 3.63) is 0 Å². The van der Waals surface area contributed by atoms with E-state index in [9.17, 15) is 0 Å². The largest absolute Gasteiger partial charge is 0.0651 e. The first kappa shape index (κ1) is 28.6. The summed E-state index contributed by atoms with van der Waals surface area (Å²) in [5.41, 5.74) is 0. The molecule has 0 spiro atoms. The zero-order valence-corrected chi connectivity index (χ0v) is 24.3. The van der Waals surface area contributed by atoms with Crippen molar-refractivity contribution >= 4 is 0 Å². The fraction of sp³-hybridized carbons (Fsp3) is 1.00. The summed E-state index contributed by atoms with van der Waals surface area (Å²) in [5, 5.41) is 0. The van der Waals surface area contributed by atoms with Gasteiger partial charge >= 0.3 is 0 Å². The SMILES string of the molecule is CCC(C)C(CCC(C)CCC(C)C)CCC1CCC(CCCC2CCCC3CCCCC32)C1. The van der Waals surface area contributed by atoms with E-state index in [0.29, 0.717) is 0 Å². The van der Waals surface area contributed by atoms with Gasteiger partial charge in [0.2, 0.25) is 0 Å². The third-order valence-corrected chi connectivity index (χ3v) is 11.2. The number of hydrogen-bond acceptors (Lipinski definition) is 0. The Hall–Kier alpha value is 0. The Labute approximate surface area is 216 Å². The number of fused-ring (bicyclic) bond motifs is 1. The number of hydrogen-bond donors (Lipinski definition) is 0. The van der Waals surface area contributed by atoms with Gasteiger partial charge in [-0.3, -0.25) is 0 Å². The van der Waals surface area contributed by atoms with Crippen LogP contribution < -0.4 is 0 Å². The Morgan fingerprint density at radius 3 is 2.12 bits per heavy atom. The second-order valence-corrected chi connectivity index (χ2v) is 14.3. The summed E-state index contributed by atoms with van der Waals surface area (Å²) < 4.78 is 0. The molecule has 0 heteroatoms. The molecule has 3 aliphatic rings. The molecule has 3 saturated carbocycles. The molecule has 0 radical (unpaired) electrons. The van der Waals surface area contributed by atoms with Crippen LogP contribution in [0.3, 0.4) is 0 Å². The van der Waals surface area contributed by atoms with Gasteiger partial charge in [0.05, 0.1) is 0 Å². The molecule has 0 bridgehead atoms. The van der Waals surface area contributed by atoms with Crippen LogP contribution >= 0.6 is 0 Å². The lowest BCUT2D eigenvalue weighted by atomic mass is 9.64. The van der Waals surface area contributed by atoms with Gasteiger partial charge in [0, 0.05) is 0 Å². The van der Waals surface area contributed by atoms with Crippen LogP contribution in [0.15, 0.2) is 0 Å². The van der Waals surface area contributed by atoms with E-state index in [-0.39, 0.29) is 0 Å². The normalized spacial score (nSPS) is 32.5. The topological polar surface area (TPSA) is 0 Å². The van der Waals surface area contributed by atoms with Gasteiger partial charge < -0.3 is 0 Å². The lowest BCUT2D eigenvalue weighted by molar-refractivity contribution is 0.0953. The molecule has 3 fully saturated rings. The van der Waals surface area contributed by atoms with Gasteiger partial charge in [0.15, 0.2) is 0 Å². The van der Waals surface area contributed by atoms with Crippen molar-refractivity contribution in [1.82, 2.24) is 0 Å². The summed E-state index contributed by atoms with van der Waals surface area (Å²) in [6.07, 6.45) is 30.5. The van der Waals surface area contributed by atoms with Crippen molar-refractivity contribution in [3.63, 3.8) is 0 Å². The van der Waals surface area contributed by atoms with Crippen LogP contribution in [0.25, 0.3) is 0 Å². The molecule has 0 amide bonds.